The molecule has 0 saturated heterocycles. The molecule has 8 nitrogen and oxygen atoms in total. The van der Waals surface area contributed by atoms with Gasteiger partial charge in [0.05, 0.1) is 10.6 Å². The highest BCUT2D eigenvalue weighted by Gasteiger charge is 2.34. The lowest BCUT2D eigenvalue weighted by Gasteiger charge is -2.33. The molecule has 1 saturated carbocycles. The number of hydrogen-bond donors (Lipinski definition) is 1. The van der Waals surface area contributed by atoms with Gasteiger partial charge in [0.2, 0.25) is 11.8 Å². The van der Waals surface area contributed by atoms with E-state index >= 15 is 0 Å². The Morgan fingerprint density at radius 1 is 0.872 bits per heavy atom. The molecule has 246 valence electrons. The fourth-order valence-corrected chi connectivity index (χ4v) is 7.16. The van der Waals surface area contributed by atoms with Gasteiger partial charge in [-0.15, -0.1) is 0 Å². The average Bonchev–Trinajstić information content (AvgIpc) is 3.58. The lowest BCUT2D eigenvalue weighted by atomic mass is 10.1. The molecule has 0 aliphatic heterocycles. The number of nitrogens with one attached hydrogen (secondary N) is 1. The highest BCUT2D eigenvalue weighted by molar-refractivity contribution is 7.92. The number of benzene rings is 4. The van der Waals surface area contributed by atoms with E-state index in [2.05, 4.69) is 5.32 Å². The zero-order valence-corrected chi connectivity index (χ0v) is 27.5. The minimum absolute atomic E-state index is 0.00200. The first-order valence-corrected chi connectivity index (χ1v) is 17.3. The van der Waals surface area contributed by atoms with Gasteiger partial charge in [-0.2, -0.15) is 0 Å². The van der Waals surface area contributed by atoms with Crippen LogP contribution in [0.5, 0.6) is 11.5 Å². The van der Waals surface area contributed by atoms with Crippen LogP contribution in [0.25, 0.3) is 0 Å². The molecule has 4 aromatic carbocycles. The molecule has 1 aliphatic carbocycles. The monoisotopic (exact) mass is 657 g/mol. The van der Waals surface area contributed by atoms with E-state index in [0.29, 0.717) is 23.5 Å². The van der Waals surface area contributed by atoms with Crippen LogP contribution in [-0.4, -0.2) is 43.8 Å². The number of hydrogen-bond acceptors (Lipinski definition) is 5. The number of anilines is 1. The third-order valence-electron chi connectivity index (χ3n) is 8.35. The predicted octanol–water partition coefficient (Wildman–Crippen LogP) is 6.99. The van der Waals surface area contributed by atoms with Gasteiger partial charge in [-0.3, -0.25) is 13.9 Å². The van der Waals surface area contributed by atoms with Crippen molar-refractivity contribution in [2.24, 2.45) is 0 Å². The van der Waals surface area contributed by atoms with Crippen molar-refractivity contribution in [3.63, 3.8) is 0 Å². The number of sulfonamides is 1. The van der Waals surface area contributed by atoms with Crippen molar-refractivity contribution in [3.8, 4) is 11.5 Å². The van der Waals surface area contributed by atoms with Crippen molar-refractivity contribution < 1.29 is 27.1 Å². The van der Waals surface area contributed by atoms with Gasteiger partial charge >= 0.3 is 0 Å². The maximum atomic E-state index is 14.3. The van der Waals surface area contributed by atoms with Gasteiger partial charge in [0, 0.05) is 12.6 Å². The number of nitrogens with zero attached hydrogens (tertiary/aromatic N) is 2. The van der Waals surface area contributed by atoms with Crippen LogP contribution in [0.4, 0.5) is 10.1 Å². The summed E-state index contributed by atoms with van der Waals surface area (Å²) < 4.78 is 49.1. The second-order valence-corrected chi connectivity index (χ2v) is 13.7. The van der Waals surface area contributed by atoms with Crippen LogP contribution in [0.15, 0.2) is 108 Å². The van der Waals surface area contributed by atoms with E-state index in [1.54, 1.807) is 48.5 Å². The molecule has 10 heteroatoms. The molecular formula is C37H40FN3O5S. The number of carbonyl (C=O) groups excluding carboxylic acids is 2. The molecule has 1 atom stereocenters. The Hall–Kier alpha value is -4.70. The van der Waals surface area contributed by atoms with Gasteiger partial charge in [-0.25, -0.2) is 12.8 Å². The van der Waals surface area contributed by atoms with Crippen LogP contribution in [0, 0.1) is 12.7 Å². The van der Waals surface area contributed by atoms with Gasteiger partial charge in [0.15, 0.2) is 0 Å². The number of para-hydroxylation sites is 1. The Bertz CT molecular complexity index is 1740. The third kappa shape index (κ3) is 8.56. The van der Waals surface area contributed by atoms with Crippen LogP contribution >= 0.6 is 0 Å². The maximum absolute atomic E-state index is 14.3. The summed E-state index contributed by atoms with van der Waals surface area (Å²) >= 11 is 0. The van der Waals surface area contributed by atoms with Crippen molar-refractivity contribution >= 4 is 27.5 Å². The number of halogens is 1. The van der Waals surface area contributed by atoms with Crippen LogP contribution in [-0.2, 0) is 26.2 Å². The lowest BCUT2D eigenvalue weighted by Crippen LogP contribution is -2.53. The molecule has 0 spiro atoms. The van der Waals surface area contributed by atoms with Gasteiger partial charge in [-0.05, 0) is 92.4 Å². The molecule has 0 bridgehead atoms. The fraction of sp³-hybridized carbons (Fsp3) is 0.297. The van der Waals surface area contributed by atoms with E-state index < -0.39 is 34.3 Å². The first-order chi connectivity index (χ1) is 22.6. The third-order valence-corrected chi connectivity index (χ3v) is 10.1. The van der Waals surface area contributed by atoms with Crippen molar-refractivity contribution in [1.29, 1.82) is 0 Å². The van der Waals surface area contributed by atoms with Crippen molar-refractivity contribution in [2.75, 3.05) is 10.8 Å². The number of amides is 2. The molecule has 5 rings (SSSR count). The molecule has 47 heavy (non-hydrogen) atoms. The number of ether oxygens (including phenoxy) is 1. The molecule has 1 unspecified atom stereocenters. The molecule has 1 aliphatic rings. The summed E-state index contributed by atoms with van der Waals surface area (Å²) in [5, 5.41) is 3.09. The second-order valence-electron chi connectivity index (χ2n) is 11.8. The molecule has 1 fully saturated rings. The first kappa shape index (κ1) is 33.7. The van der Waals surface area contributed by atoms with Gasteiger partial charge in [-0.1, -0.05) is 67.8 Å². The average molecular weight is 658 g/mol. The number of rotatable bonds is 13. The molecule has 0 heterocycles. The zero-order chi connectivity index (χ0) is 33.4. The lowest BCUT2D eigenvalue weighted by molar-refractivity contribution is -0.140. The number of carbonyl (C=O) groups is 2. The minimum atomic E-state index is -4.23. The van der Waals surface area contributed by atoms with Gasteiger partial charge in [0.1, 0.15) is 29.9 Å². The van der Waals surface area contributed by atoms with E-state index in [4.69, 9.17) is 4.74 Å². The summed E-state index contributed by atoms with van der Waals surface area (Å²) in [5.74, 6) is -0.162. The molecular weight excluding hydrogens is 617 g/mol. The Balaban J connectivity index is 1.49. The highest BCUT2D eigenvalue weighted by Crippen LogP contribution is 2.29. The normalized spacial score (nSPS) is 13.9. The van der Waals surface area contributed by atoms with Crippen LogP contribution < -0.4 is 14.4 Å². The Kier molecular flexibility index (Phi) is 10.9. The van der Waals surface area contributed by atoms with Crippen molar-refractivity contribution in [1.82, 2.24) is 10.2 Å². The smallest absolute Gasteiger partial charge is 0.264 e. The zero-order valence-electron chi connectivity index (χ0n) is 26.6. The Morgan fingerprint density at radius 2 is 1.49 bits per heavy atom. The highest BCUT2D eigenvalue weighted by atomic mass is 32.2. The van der Waals surface area contributed by atoms with E-state index in [-0.39, 0.29) is 29.1 Å². The van der Waals surface area contributed by atoms with Crippen molar-refractivity contribution in [3.05, 3.63) is 120 Å². The van der Waals surface area contributed by atoms with Crippen LogP contribution in [0.3, 0.4) is 0 Å². The summed E-state index contributed by atoms with van der Waals surface area (Å²) in [6.07, 6.45) is 4.12. The summed E-state index contributed by atoms with van der Waals surface area (Å²) in [6, 6.07) is 27.0. The molecule has 0 aromatic heterocycles. The largest absolute Gasteiger partial charge is 0.457 e. The standard InChI is InChI=1S/C37H40FN3O5S/c1-3-35(37(43)39-30-9-7-8-10-30)40(25-28-15-17-29(38)18-16-28)36(42)26-41(47(44,45)34-23-13-27(2)14-24-34)31-19-21-33(22-20-31)46-32-11-5-4-6-12-32/h4-6,11-24,30,35H,3,7-10,25-26H2,1-2H3,(H,39,43). The summed E-state index contributed by atoms with van der Waals surface area (Å²) in [5.41, 5.74) is 1.75. The van der Waals surface area contributed by atoms with E-state index in [1.807, 2.05) is 44.2 Å². The van der Waals surface area contributed by atoms with E-state index in [9.17, 15) is 22.4 Å². The topological polar surface area (TPSA) is 96.0 Å². The fourth-order valence-electron chi connectivity index (χ4n) is 5.74. The Morgan fingerprint density at radius 3 is 2.11 bits per heavy atom. The van der Waals surface area contributed by atoms with E-state index in [1.165, 1.54) is 29.2 Å². The second kappa shape index (κ2) is 15.3. The van der Waals surface area contributed by atoms with Crippen LogP contribution in [0.2, 0.25) is 0 Å². The maximum Gasteiger partial charge on any atom is 0.264 e. The SMILES string of the molecule is CCC(C(=O)NC1CCCC1)N(Cc1ccc(F)cc1)C(=O)CN(c1ccc(Oc2ccccc2)cc1)S(=O)(=O)c1ccc(C)cc1. The predicted molar refractivity (Wildman–Crippen MR) is 180 cm³/mol. The Labute approximate surface area is 276 Å². The molecule has 4 aromatic rings. The van der Waals surface area contributed by atoms with E-state index in [0.717, 1.165) is 35.6 Å². The van der Waals surface area contributed by atoms with Gasteiger partial charge in [0.25, 0.3) is 10.0 Å². The summed E-state index contributed by atoms with van der Waals surface area (Å²) in [7, 11) is -4.23. The van der Waals surface area contributed by atoms with Crippen LogP contribution in [0.1, 0.15) is 50.2 Å². The first-order valence-electron chi connectivity index (χ1n) is 15.9. The minimum Gasteiger partial charge on any atom is -0.457 e. The molecule has 1 N–H and O–H groups in total. The van der Waals surface area contributed by atoms with Crippen molar-refractivity contribution in [2.45, 2.75) is 69.5 Å². The molecule has 0 radical (unpaired) electrons. The quantitative estimate of drug-likeness (QED) is 0.167. The summed E-state index contributed by atoms with van der Waals surface area (Å²) in [4.78, 5) is 29.4. The number of aryl methyl sites for hydroxylation is 1. The summed E-state index contributed by atoms with van der Waals surface area (Å²) in [6.45, 7) is 3.11. The molecule has 2 amide bonds. The van der Waals surface area contributed by atoms with Gasteiger partial charge < -0.3 is 15.0 Å².